The lowest BCUT2D eigenvalue weighted by atomic mass is 9.96. The zero-order valence-electron chi connectivity index (χ0n) is 11.3. The molecular weight excluding hydrogens is 256 g/mol. The maximum Gasteiger partial charge on any atom is 0.124 e. The van der Waals surface area contributed by atoms with Crippen LogP contribution in [0.5, 0.6) is 5.75 Å². The summed E-state index contributed by atoms with van der Waals surface area (Å²) in [4.78, 5) is 0. The summed E-state index contributed by atoms with van der Waals surface area (Å²) in [5.41, 5.74) is 5.11. The van der Waals surface area contributed by atoms with Gasteiger partial charge in [0.25, 0.3) is 0 Å². The van der Waals surface area contributed by atoms with Crippen molar-refractivity contribution in [1.82, 2.24) is 0 Å². The van der Waals surface area contributed by atoms with Gasteiger partial charge in [0.15, 0.2) is 0 Å². The van der Waals surface area contributed by atoms with Crippen LogP contribution in [-0.4, -0.2) is 5.11 Å². The molecule has 98 valence electrons. The van der Waals surface area contributed by atoms with Crippen molar-refractivity contribution in [2.45, 2.75) is 0 Å². The van der Waals surface area contributed by atoms with Crippen molar-refractivity contribution in [2.75, 3.05) is 0 Å². The lowest BCUT2D eigenvalue weighted by Crippen LogP contribution is -1.81. The van der Waals surface area contributed by atoms with Crippen molar-refractivity contribution >= 4 is 21.5 Å². The van der Waals surface area contributed by atoms with E-state index >= 15 is 0 Å². The van der Waals surface area contributed by atoms with Gasteiger partial charge in [-0.05, 0) is 50.5 Å². The number of benzene rings is 4. The third-order valence-corrected chi connectivity index (χ3v) is 4.49. The summed E-state index contributed by atoms with van der Waals surface area (Å²) in [5.74, 6) is 0.354. The van der Waals surface area contributed by atoms with E-state index in [4.69, 9.17) is 0 Å². The molecule has 0 atom stereocenters. The summed E-state index contributed by atoms with van der Waals surface area (Å²) in [6.45, 7) is 0. The molecule has 1 nitrogen and oxygen atoms in total. The topological polar surface area (TPSA) is 20.2 Å². The van der Waals surface area contributed by atoms with Gasteiger partial charge in [-0.15, -0.1) is 0 Å². The van der Waals surface area contributed by atoms with Crippen molar-refractivity contribution in [3.63, 3.8) is 0 Å². The molecule has 1 aliphatic carbocycles. The normalized spacial score (nSPS) is 12.0. The molecule has 0 saturated heterocycles. The van der Waals surface area contributed by atoms with Crippen LogP contribution in [0.1, 0.15) is 0 Å². The Morgan fingerprint density at radius 2 is 1.29 bits per heavy atom. The minimum absolute atomic E-state index is 0.354. The lowest BCUT2D eigenvalue weighted by Gasteiger charge is -2.08. The van der Waals surface area contributed by atoms with E-state index in [1.807, 2.05) is 6.07 Å². The number of fused-ring (bicyclic) bond motifs is 5. The quantitative estimate of drug-likeness (QED) is 0.375. The Hall–Kier alpha value is -2.80. The van der Waals surface area contributed by atoms with E-state index in [-0.39, 0.29) is 0 Å². The Labute approximate surface area is 122 Å². The Bertz CT molecular complexity index is 1040. The molecule has 0 fully saturated rings. The Morgan fingerprint density at radius 3 is 2.14 bits per heavy atom. The molecule has 1 aliphatic rings. The predicted octanol–water partition coefficient (Wildman–Crippen LogP) is 5.35. The number of phenols is 1. The second-order valence-electron chi connectivity index (χ2n) is 5.57. The molecule has 0 saturated carbocycles. The summed E-state index contributed by atoms with van der Waals surface area (Å²) in [6.07, 6.45) is 0. The molecule has 0 bridgehead atoms. The van der Waals surface area contributed by atoms with E-state index in [0.29, 0.717) is 5.75 Å². The first-order chi connectivity index (χ1) is 10.3. The Kier molecular flexibility index (Phi) is 1.90. The molecule has 0 unspecified atom stereocenters. The highest BCUT2D eigenvalue weighted by Crippen LogP contribution is 2.50. The van der Waals surface area contributed by atoms with Crippen LogP contribution in [0.15, 0.2) is 66.7 Å². The number of hydrogen-bond donors (Lipinski definition) is 1. The predicted molar refractivity (Wildman–Crippen MR) is 87.5 cm³/mol. The van der Waals surface area contributed by atoms with Crippen molar-refractivity contribution in [1.29, 1.82) is 0 Å². The monoisotopic (exact) mass is 268 g/mol. The van der Waals surface area contributed by atoms with E-state index in [1.54, 1.807) is 6.07 Å². The molecule has 0 amide bonds. The van der Waals surface area contributed by atoms with E-state index in [0.717, 1.165) is 16.2 Å². The van der Waals surface area contributed by atoms with Crippen LogP contribution in [0.3, 0.4) is 0 Å². The number of phenolic OH excluding ortho intramolecular Hbond substituents is 1. The average molecular weight is 268 g/mol. The van der Waals surface area contributed by atoms with Crippen molar-refractivity contribution in [3.05, 3.63) is 66.7 Å². The largest absolute Gasteiger partial charge is 0.507 e. The fourth-order valence-electron chi connectivity index (χ4n) is 3.64. The fourth-order valence-corrected chi connectivity index (χ4v) is 3.64. The smallest absolute Gasteiger partial charge is 0.124 e. The Morgan fingerprint density at radius 1 is 0.571 bits per heavy atom. The maximum absolute atomic E-state index is 10.3. The van der Waals surface area contributed by atoms with Crippen LogP contribution in [-0.2, 0) is 0 Å². The van der Waals surface area contributed by atoms with Gasteiger partial charge in [-0.1, -0.05) is 54.6 Å². The molecule has 0 radical (unpaired) electrons. The second kappa shape index (κ2) is 3.64. The summed E-state index contributed by atoms with van der Waals surface area (Å²) >= 11 is 0. The minimum Gasteiger partial charge on any atom is -0.507 e. The molecule has 1 heteroatoms. The van der Waals surface area contributed by atoms with Crippen molar-refractivity contribution < 1.29 is 5.11 Å². The number of hydrogen-bond acceptors (Lipinski definition) is 1. The molecule has 4 aromatic carbocycles. The Balaban J connectivity index is 2.12. The van der Waals surface area contributed by atoms with Crippen LogP contribution in [0.2, 0.25) is 0 Å². The van der Waals surface area contributed by atoms with E-state index in [2.05, 4.69) is 54.6 Å². The van der Waals surface area contributed by atoms with Gasteiger partial charge in [-0.2, -0.15) is 0 Å². The number of aromatic hydroxyl groups is 1. The van der Waals surface area contributed by atoms with Crippen LogP contribution in [0, 0.1) is 0 Å². The molecule has 21 heavy (non-hydrogen) atoms. The third kappa shape index (κ3) is 1.26. The van der Waals surface area contributed by atoms with E-state index < -0.39 is 0 Å². The van der Waals surface area contributed by atoms with Gasteiger partial charge in [0.1, 0.15) is 5.75 Å². The first-order valence-corrected chi connectivity index (χ1v) is 7.12. The highest BCUT2D eigenvalue weighted by molar-refractivity contribution is 6.24. The standard InChI is InChI=1S/C20H12O/c21-18-10-3-5-12-11-17-14-7-2-1-6-13(14)15-8-4-9-16(19(12)18)20(15)17/h1-11,21H. The van der Waals surface area contributed by atoms with Crippen LogP contribution < -0.4 is 0 Å². The van der Waals surface area contributed by atoms with Crippen LogP contribution in [0.25, 0.3) is 43.8 Å². The van der Waals surface area contributed by atoms with E-state index in [1.165, 1.54) is 27.6 Å². The van der Waals surface area contributed by atoms with Crippen molar-refractivity contribution in [3.8, 4) is 28.0 Å². The third-order valence-electron chi connectivity index (χ3n) is 4.49. The summed E-state index contributed by atoms with van der Waals surface area (Å²) in [7, 11) is 0. The van der Waals surface area contributed by atoms with Gasteiger partial charge < -0.3 is 5.11 Å². The molecule has 5 rings (SSSR count). The highest BCUT2D eigenvalue weighted by atomic mass is 16.3. The SMILES string of the molecule is Oc1cccc2cc3c4c(cccc4c12)-c1ccccc1-3. The molecular formula is C20H12O. The molecule has 0 spiro atoms. The van der Waals surface area contributed by atoms with E-state index in [9.17, 15) is 5.11 Å². The molecule has 0 aromatic heterocycles. The summed E-state index contributed by atoms with van der Waals surface area (Å²) in [6, 6.07) is 22.8. The summed E-state index contributed by atoms with van der Waals surface area (Å²) in [5, 5.41) is 14.7. The van der Waals surface area contributed by atoms with Gasteiger partial charge in [0.2, 0.25) is 0 Å². The lowest BCUT2D eigenvalue weighted by molar-refractivity contribution is 0.482. The maximum atomic E-state index is 10.3. The van der Waals surface area contributed by atoms with Gasteiger partial charge >= 0.3 is 0 Å². The molecule has 1 N–H and O–H groups in total. The van der Waals surface area contributed by atoms with Crippen LogP contribution >= 0.6 is 0 Å². The zero-order chi connectivity index (χ0) is 14.0. The molecule has 4 aromatic rings. The van der Waals surface area contributed by atoms with Gasteiger partial charge in [-0.3, -0.25) is 0 Å². The van der Waals surface area contributed by atoms with Crippen molar-refractivity contribution in [2.24, 2.45) is 0 Å². The van der Waals surface area contributed by atoms with Gasteiger partial charge in [0, 0.05) is 5.39 Å². The molecule has 0 heterocycles. The van der Waals surface area contributed by atoms with Gasteiger partial charge in [0.05, 0.1) is 0 Å². The first-order valence-electron chi connectivity index (χ1n) is 7.12. The average Bonchev–Trinajstić information content (AvgIpc) is 2.84. The highest BCUT2D eigenvalue weighted by Gasteiger charge is 2.22. The minimum atomic E-state index is 0.354. The zero-order valence-corrected chi connectivity index (χ0v) is 11.3. The fraction of sp³-hybridized carbons (Fsp3) is 0. The van der Waals surface area contributed by atoms with Crippen LogP contribution in [0.4, 0.5) is 0 Å². The number of rotatable bonds is 0. The van der Waals surface area contributed by atoms with Gasteiger partial charge in [-0.25, -0.2) is 0 Å². The second-order valence-corrected chi connectivity index (χ2v) is 5.57. The summed E-state index contributed by atoms with van der Waals surface area (Å²) < 4.78 is 0. The molecule has 0 aliphatic heterocycles. The first kappa shape index (κ1) is 10.9.